The highest BCUT2D eigenvalue weighted by Crippen LogP contribution is 2.41. The second-order valence-corrected chi connectivity index (χ2v) is 24.1. The van der Waals surface area contributed by atoms with E-state index in [1.807, 2.05) is 13.8 Å². The van der Waals surface area contributed by atoms with Crippen LogP contribution in [0.4, 0.5) is 0 Å². The number of pyridine rings is 1. The highest BCUT2D eigenvalue weighted by atomic mass is 32.1. The van der Waals surface area contributed by atoms with Crippen LogP contribution in [0.3, 0.4) is 0 Å². The lowest BCUT2D eigenvalue weighted by Gasteiger charge is -2.23. The molecule has 8 aromatic heterocycles. The van der Waals surface area contributed by atoms with Crippen molar-refractivity contribution in [2.45, 2.75) is 58.0 Å². The minimum absolute atomic E-state index is 0.00139. The Morgan fingerprint density at radius 3 is 2.29 bits per heavy atom. The Bertz CT molecular complexity index is 3800. The number of aromatic nitrogens is 9. The maximum Gasteiger partial charge on any atom is 0.356 e. The number of hydrogen-bond donors (Lipinski definition) is 7. The van der Waals surface area contributed by atoms with Gasteiger partial charge in [-0.1, -0.05) is 44.2 Å². The molecule has 29 heteroatoms. The van der Waals surface area contributed by atoms with Gasteiger partial charge in [0.25, 0.3) is 17.7 Å². The molecule has 5 amide bonds. The van der Waals surface area contributed by atoms with Crippen LogP contribution in [0.2, 0.25) is 0 Å². The van der Waals surface area contributed by atoms with Gasteiger partial charge in [0.1, 0.15) is 77.1 Å². The highest BCUT2D eigenvalue weighted by Gasteiger charge is 2.33. The average molecular weight is 1190 g/mol. The van der Waals surface area contributed by atoms with Gasteiger partial charge < -0.3 is 41.5 Å². The summed E-state index contributed by atoms with van der Waals surface area (Å²) in [6.45, 7) is 4.96. The number of fused-ring (bicyclic) bond motifs is 14. The number of carbonyl (C=O) groups excluding carboxylic acids is 5. The number of benzene rings is 1. The topological polar surface area (TPSA) is 320 Å². The molecule has 0 aliphatic carbocycles. The molecule has 9 heterocycles. The van der Waals surface area contributed by atoms with E-state index in [0.29, 0.717) is 78.7 Å². The first-order valence-corrected chi connectivity index (χ1v) is 29.4. The summed E-state index contributed by atoms with van der Waals surface area (Å²) in [4.78, 5) is 120. The lowest BCUT2D eigenvalue weighted by atomic mass is 10.0. The van der Waals surface area contributed by atoms with Gasteiger partial charge >= 0.3 is 5.97 Å². The van der Waals surface area contributed by atoms with Crippen LogP contribution in [0.1, 0.15) is 117 Å². The van der Waals surface area contributed by atoms with Gasteiger partial charge in [0, 0.05) is 53.1 Å². The number of nitrogens with zero attached hydrogens (tertiary/aromatic N) is 9. The fraction of sp³-hybridized carbons (Fsp3) is 0.255. The fourth-order valence-corrected chi connectivity index (χ4v) is 13.9. The van der Waals surface area contributed by atoms with E-state index in [9.17, 15) is 39.0 Å². The molecule has 9 aromatic rings. The maximum atomic E-state index is 14.3. The number of amides is 5. The summed E-state index contributed by atoms with van der Waals surface area (Å²) < 4.78 is 6.94. The molecule has 410 valence electrons. The smallest absolute Gasteiger partial charge is 0.356 e. The zero-order valence-corrected chi connectivity index (χ0v) is 47.6. The normalized spacial score (nSPS) is 16.6. The van der Waals surface area contributed by atoms with Gasteiger partial charge in [0.2, 0.25) is 11.8 Å². The summed E-state index contributed by atoms with van der Waals surface area (Å²) in [6.07, 6.45) is 2.85. The summed E-state index contributed by atoms with van der Waals surface area (Å²) in [7, 11) is 2.94. The van der Waals surface area contributed by atoms with Gasteiger partial charge in [0.05, 0.1) is 52.8 Å². The van der Waals surface area contributed by atoms with E-state index in [1.165, 1.54) is 87.9 Å². The molecule has 1 aliphatic heterocycles. The summed E-state index contributed by atoms with van der Waals surface area (Å²) in [5, 5.41) is 42.9. The second-order valence-electron chi connectivity index (χ2n) is 18.1. The Morgan fingerprint density at radius 1 is 0.762 bits per heavy atom. The van der Waals surface area contributed by atoms with Crippen LogP contribution in [0.15, 0.2) is 77.3 Å². The molecule has 10 bridgehead atoms. The van der Waals surface area contributed by atoms with Gasteiger partial charge in [-0.15, -0.1) is 68.0 Å². The Hall–Kier alpha value is -7.90. The van der Waals surface area contributed by atoms with Crippen LogP contribution in [0, 0.1) is 12.8 Å². The number of aliphatic hydroxyl groups excluding tert-OH is 1. The number of aromatic carboxylic acids is 1. The number of carbonyl (C=O) groups is 6. The van der Waals surface area contributed by atoms with Crippen LogP contribution in [0.25, 0.3) is 48.4 Å². The number of nitrogens with one attached hydrogen (secondary N) is 5. The van der Waals surface area contributed by atoms with Crippen LogP contribution in [-0.2, 0) is 20.9 Å². The predicted molar refractivity (Wildman–Crippen MR) is 301 cm³/mol. The lowest BCUT2D eigenvalue weighted by Crippen LogP contribution is -2.40. The van der Waals surface area contributed by atoms with Gasteiger partial charge in [-0.05, 0) is 30.5 Å². The van der Waals surface area contributed by atoms with Crippen LogP contribution < -0.4 is 26.6 Å². The van der Waals surface area contributed by atoms with Crippen molar-refractivity contribution in [3.63, 3.8) is 0 Å². The Kier molecular flexibility index (Phi) is 16.5. The number of methoxy groups -OCH3 is 1. The number of carboxylic acids is 1. The number of rotatable bonds is 10. The van der Waals surface area contributed by atoms with Crippen LogP contribution in [-0.4, -0.2) is 111 Å². The Balaban J connectivity index is 1.06. The third-order valence-electron chi connectivity index (χ3n) is 12.3. The maximum absolute atomic E-state index is 14.3. The third-order valence-corrected chi connectivity index (χ3v) is 18.2. The predicted octanol–water partition coefficient (Wildman–Crippen LogP) is 7.20. The van der Waals surface area contributed by atoms with E-state index in [2.05, 4.69) is 41.5 Å². The molecule has 0 unspecified atom stereocenters. The summed E-state index contributed by atoms with van der Waals surface area (Å²) in [6, 6.07) is 9.54. The molecule has 80 heavy (non-hydrogen) atoms. The molecular weight excluding hydrogens is 1150 g/mol. The fourth-order valence-electron chi connectivity index (χ4n) is 8.25. The number of thiazole rings is 6. The van der Waals surface area contributed by atoms with E-state index in [-0.39, 0.29) is 41.7 Å². The monoisotopic (exact) mass is 1190 g/mol. The Morgan fingerprint density at radius 2 is 1.54 bits per heavy atom. The van der Waals surface area contributed by atoms with Crippen molar-refractivity contribution in [2.75, 3.05) is 20.7 Å². The standard InChI is InChI=1S/C51H46N14O9S6/c1-22(2)36-50-64-39(32(80-50)17-74-5)43(70)53-15-35(67)61-40(41(68)24-9-7-6-8-10-24)49-59-30(19-76-49)46-54-14-31(79-46)38-25(11-12-26(56-38)47-60-33(20-77-47)65-16-28(51(72)73)55-21-65)45-58-29(18-75-45)42(69)57-27(13-34(66)52-4)48-63-37(23(3)78-48)44(71)62-36/h6-12,14,16,18-22,27,36,40-41,68H,13,15,17H2,1-5H3,(H,52,66)(H,53,70)(H,57,69)(H,61,67)(H,62,71)(H,72,73)/t27-,36-,40-,41-/m0/s1. The summed E-state index contributed by atoms with van der Waals surface area (Å²) >= 11 is 7.22. The number of aliphatic hydroxyl groups is 1. The average Bonchev–Trinajstić information content (AvgIpc) is 4.34. The van der Waals surface area contributed by atoms with Gasteiger partial charge in [0.15, 0.2) is 5.69 Å². The van der Waals surface area contributed by atoms with Gasteiger partial charge in [-0.2, -0.15) is 0 Å². The van der Waals surface area contributed by atoms with E-state index in [4.69, 9.17) is 29.7 Å². The number of carboxylic acid groups (broad SMARTS) is 1. The third kappa shape index (κ3) is 11.8. The summed E-state index contributed by atoms with van der Waals surface area (Å²) in [5.74, 6) is -3.88. The van der Waals surface area contributed by atoms with Crippen molar-refractivity contribution >= 4 is 104 Å². The zero-order chi connectivity index (χ0) is 56.4. The number of ether oxygens (including phenoxy) is 1. The molecule has 0 fully saturated rings. The Labute approximate surface area is 478 Å². The molecule has 1 aromatic carbocycles. The molecule has 0 spiro atoms. The van der Waals surface area contributed by atoms with E-state index in [0.717, 1.165) is 11.3 Å². The van der Waals surface area contributed by atoms with E-state index in [1.54, 1.807) is 71.7 Å². The van der Waals surface area contributed by atoms with Gasteiger partial charge in [-0.3, -0.25) is 28.5 Å². The van der Waals surface area contributed by atoms with Crippen molar-refractivity contribution in [3.8, 4) is 48.4 Å². The molecule has 10 rings (SSSR count). The van der Waals surface area contributed by atoms with Crippen molar-refractivity contribution in [2.24, 2.45) is 5.92 Å². The first-order valence-electron chi connectivity index (χ1n) is 24.3. The molecule has 1 aliphatic rings. The highest BCUT2D eigenvalue weighted by molar-refractivity contribution is 7.19. The first kappa shape index (κ1) is 55.4. The minimum Gasteiger partial charge on any atom is -0.476 e. The van der Waals surface area contributed by atoms with Crippen molar-refractivity contribution in [1.29, 1.82) is 0 Å². The van der Waals surface area contributed by atoms with Gasteiger partial charge in [-0.25, -0.2) is 44.7 Å². The quantitative estimate of drug-likeness (QED) is 0.0712. The van der Waals surface area contributed by atoms with Crippen LogP contribution >= 0.6 is 68.0 Å². The van der Waals surface area contributed by atoms with Crippen molar-refractivity contribution in [3.05, 3.63) is 130 Å². The summed E-state index contributed by atoms with van der Waals surface area (Å²) in [5.41, 5.74) is 2.30. The number of hydrogen-bond acceptors (Lipinski definition) is 22. The molecule has 4 atom stereocenters. The zero-order valence-electron chi connectivity index (χ0n) is 42.7. The molecular formula is C51H46N14O9S6. The van der Waals surface area contributed by atoms with E-state index < -0.39 is 66.3 Å². The van der Waals surface area contributed by atoms with Crippen molar-refractivity contribution in [1.82, 2.24) is 71.0 Å². The largest absolute Gasteiger partial charge is 0.476 e. The molecule has 0 saturated carbocycles. The van der Waals surface area contributed by atoms with Crippen LogP contribution in [0.5, 0.6) is 0 Å². The lowest BCUT2D eigenvalue weighted by molar-refractivity contribution is -0.122. The molecule has 7 N–H and O–H groups in total. The van der Waals surface area contributed by atoms with Crippen molar-refractivity contribution < 1.29 is 43.7 Å². The number of imidazole rings is 1. The van der Waals surface area contributed by atoms with E-state index >= 15 is 0 Å². The first-order chi connectivity index (χ1) is 38.5. The molecule has 23 nitrogen and oxygen atoms in total. The number of aryl methyl sites for hydroxylation is 1. The minimum atomic E-state index is -1.27. The SMILES string of the molecule is CNC(=O)C[C@@H]1NC(=O)c2csc(n2)-c2ccc(-c3nc(-n4cnc(C(=O)O)c4)cs3)nc2-c2cnc(s2)-c2csc(n2)[C@H]([C@@H](O)c2ccccc2)NC(=O)CNC(=O)c2nc(sc2COC)[C@H](C(C)C)NC(=O)c2nc1sc2C. The molecule has 0 saturated heterocycles. The molecule has 0 radical (unpaired) electrons. The second kappa shape index (κ2) is 23.8.